The Labute approximate surface area is 150 Å². The van der Waals surface area contributed by atoms with Gasteiger partial charge in [0.05, 0.1) is 18.0 Å². The normalized spacial score (nSPS) is 19.5. The molecule has 1 aromatic carbocycles. The number of amides is 2. The molecular weight excluding hydrogens is 346 g/mol. The lowest BCUT2D eigenvalue weighted by Crippen LogP contribution is -2.53. The number of nitrogens with zero attached hydrogens (tertiary/aromatic N) is 1. The van der Waals surface area contributed by atoms with Crippen LogP contribution >= 0.6 is 0 Å². The summed E-state index contributed by atoms with van der Waals surface area (Å²) in [4.78, 5) is 37.0. The van der Waals surface area contributed by atoms with E-state index in [0.717, 1.165) is 17.0 Å². The maximum Gasteiger partial charge on any atom is 0.305 e. The van der Waals surface area contributed by atoms with Gasteiger partial charge in [-0.05, 0) is 25.0 Å². The van der Waals surface area contributed by atoms with Gasteiger partial charge in [0, 0.05) is 24.6 Å². The van der Waals surface area contributed by atoms with Crippen molar-refractivity contribution in [2.45, 2.75) is 39.2 Å². The van der Waals surface area contributed by atoms with E-state index in [-0.39, 0.29) is 31.0 Å². The first-order chi connectivity index (χ1) is 12.0. The summed E-state index contributed by atoms with van der Waals surface area (Å²) in [6.45, 7) is 5.18. The number of aliphatic carboxylic acids is 1. The van der Waals surface area contributed by atoms with E-state index in [1.807, 2.05) is 0 Å². The van der Waals surface area contributed by atoms with E-state index in [2.05, 4.69) is 5.32 Å². The Morgan fingerprint density at radius 2 is 2.04 bits per heavy atom. The van der Waals surface area contributed by atoms with Gasteiger partial charge in [-0.2, -0.15) is 0 Å². The molecule has 1 aliphatic rings. The number of benzene rings is 1. The number of halogens is 2. The lowest BCUT2D eigenvalue weighted by Gasteiger charge is -2.34. The molecular formula is C18H22F2N2O4. The molecule has 6 nitrogen and oxygen atoms in total. The minimum absolute atomic E-state index is 0.0472. The average molecular weight is 368 g/mol. The van der Waals surface area contributed by atoms with Gasteiger partial charge in [0.15, 0.2) is 0 Å². The Hall–Kier alpha value is -2.51. The summed E-state index contributed by atoms with van der Waals surface area (Å²) >= 11 is 0. The van der Waals surface area contributed by atoms with Crippen molar-refractivity contribution in [3.05, 3.63) is 29.8 Å². The van der Waals surface area contributed by atoms with Crippen molar-refractivity contribution < 1.29 is 28.3 Å². The van der Waals surface area contributed by atoms with Crippen LogP contribution in [0.1, 0.15) is 33.6 Å². The van der Waals surface area contributed by atoms with Gasteiger partial charge >= 0.3 is 5.97 Å². The monoisotopic (exact) mass is 368 g/mol. The van der Waals surface area contributed by atoms with Crippen molar-refractivity contribution in [1.82, 2.24) is 5.32 Å². The van der Waals surface area contributed by atoms with E-state index in [9.17, 15) is 23.2 Å². The minimum Gasteiger partial charge on any atom is -0.481 e. The van der Waals surface area contributed by atoms with Crippen molar-refractivity contribution in [3.63, 3.8) is 0 Å². The van der Waals surface area contributed by atoms with Gasteiger partial charge in [-0.15, -0.1) is 0 Å². The average Bonchev–Trinajstić information content (AvgIpc) is 2.88. The summed E-state index contributed by atoms with van der Waals surface area (Å²) in [5.41, 5.74) is -1.05. The quantitative estimate of drug-likeness (QED) is 0.807. The molecule has 2 unspecified atom stereocenters. The molecule has 2 rings (SSSR count). The third kappa shape index (κ3) is 4.17. The van der Waals surface area contributed by atoms with Crippen LogP contribution in [0.25, 0.3) is 0 Å². The molecule has 1 saturated heterocycles. The number of anilines is 1. The van der Waals surface area contributed by atoms with Gasteiger partial charge in [0.25, 0.3) is 0 Å². The van der Waals surface area contributed by atoms with E-state index < -0.39 is 40.9 Å². The molecule has 0 bridgehead atoms. The first-order valence-corrected chi connectivity index (χ1v) is 8.32. The van der Waals surface area contributed by atoms with E-state index in [0.29, 0.717) is 6.07 Å². The number of carboxylic acid groups (broad SMARTS) is 1. The molecule has 2 amide bonds. The second-order valence-corrected chi connectivity index (χ2v) is 7.13. The van der Waals surface area contributed by atoms with Gasteiger partial charge in [0.1, 0.15) is 11.6 Å². The predicted octanol–water partition coefficient (Wildman–Crippen LogP) is 2.32. The maximum absolute atomic E-state index is 13.9. The molecule has 0 aromatic heterocycles. The van der Waals surface area contributed by atoms with Gasteiger partial charge in [-0.25, -0.2) is 8.78 Å². The van der Waals surface area contributed by atoms with Gasteiger partial charge in [-0.1, -0.05) is 13.8 Å². The van der Waals surface area contributed by atoms with Crippen LogP contribution in [0.2, 0.25) is 0 Å². The first kappa shape index (κ1) is 19.8. The van der Waals surface area contributed by atoms with Gasteiger partial charge < -0.3 is 15.3 Å². The van der Waals surface area contributed by atoms with Crippen LogP contribution in [0, 0.1) is 23.5 Å². The third-order valence-electron chi connectivity index (χ3n) is 4.90. The van der Waals surface area contributed by atoms with Crippen LogP contribution in [0.5, 0.6) is 0 Å². The number of nitrogens with one attached hydrogen (secondary N) is 1. The summed E-state index contributed by atoms with van der Waals surface area (Å²) in [6, 6.07) is 2.88. The van der Waals surface area contributed by atoms with Crippen molar-refractivity contribution >= 4 is 23.5 Å². The van der Waals surface area contributed by atoms with E-state index >= 15 is 0 Å². The zero-order valence-electron chi connectivity index (χ0n) is 14.9. The van der Waals surface area contributed by atoms with E-state index in [1.54, 1.807) is 20.8 Å². The zero-order chi connectivity index (χ0) is 19.6. The Bertz CT molecular complexity index is 738. The third-order valence-corrected chi connectivity index (χ3v) is 4.90. The number of rotatable bonds is 6. The lowest BCUT2D eigenvalue weighted by molar-refractivity contribution is -0.140. The molecule has 8 heteroatoms. The molecule has 26 heavy (non-hydrogen) atoms. The predicted molar refractivity (Wildman–Crippen MR) is 90.5 cm³/mol. The Morgan fingerprint density at radius 1 is 1.38 bits per heavy atom. The van der Waals surface area contributed by atoms with Gasteiger partial charge in [0.2, 0.25) is 11.8 Å². The van der Waals surface area contributed by atoms with Crippen LogP contribution in [0.3, 0.4) is 0 Å². The molecule has 2 atom stereocenters. The smallest absolute Gasteiger partial charge is 0.305 e. The Balaban J connectivity index is 2.14. The highest BCUT2D eigenvalue weighted by Crippen LogP contribution is 2.29. The van der Waals surface area contributed by atoms with E-state index in [4.69, 9.17) is 5.11 Å². The van der Waals surface area contributed by atoms with Crippen molar-refractivity contribution in [1.29, 1.82) is 0 Å². The van der Waals surface area contributed by atoms with Crippen molar-refractivity contribution in [2.75, 3.05) is 11.4 Å². The van der Waals surface area contributed by atoms with Crippen LogP contribution in [-0.4, -0.2) is 35.0 Å². The highest BCUT2D eigenvalue weighted by molar-refractivity contribution is 6.00. The first-order valence-electron chi connectivity index (χ1n) is 8.32. The molecule has 1 fully saturated rings. The van der Waals surface area contributed by atoms with Gasteiger partial charge in [-0.3, -0.25) is 14.4 Å². The minimum atomic E-state index is -1.04. The fraction of sp³-hybridized carbons (Fsp3) is 0.500. The Kier molecular flexibility index (Phi) is 5.63. The zero-order valence-corrected chi connectivity index (χ0v) is 14.9. The molecule has 2 N–H and O–H groups in total. The van der Waals surface area contributed by atoms with Crippen molar-refractivity contribution in [2.24, 2.45) is 11.8 Å². The highest BCUT2D eigenvalue weighted by atomic mass is 19.1. The summed E-state index contributed by atoms with van der Waals surface area (Å²) in [6.07, 6.45) is -0.378. The Morgan fingerprint density at radius 3 is 2.58 bits per heavy atom. The van der Waals surface area contributed by atoms with Crippen LogP contribution < -0.4 is 10.2 Å². The number of carbonyl (C=O) groups excluding carboxylic acids is 2. The number of hydrogen-bond donors (Lipinski definition) is 2. The molecule has 0 spiro atoms. The molecule has 0 saturated carbocycles. The summed E-state index contributed by atoms with van der Waals surface area (Å²) in [5, 5.41) is 11.8. The lowest BCUT2D eigenvalue weighted by atomic mass is 9.84. The topological polar surface area (TPSA) is 86.7 Å². The largest absolute Gasteiger partial charge is 0.481 e. The van der Waals surface area contributed by atoms with Crippen LogP contribution in [0.4, 0.5) is 14.5 Å². The molecule has 142 valence electrons. The summed E-state index contributed by atoms with van der Waals surface area (Å²) < 4.78 is 27.0. The van der Waals surface area contributed by atoms with E-state index in [1.165, 1.54) is 0 Å². The van der Waals surface area contributed by atoms with Crippen LogP contribution in [-0.2, 0) is 14.4 Å². The number of carboxylic acids is 1. The molecule has 0 radical (unpaired) electrons. The number of hydrogen-bond acceptors (Lipinski definition) is 3. The fourth-order valence-corrected chi connectivity index (χ4v) is 2.91. The molecule has 1 aromatic rings. The molecule has 0 aliphatic carbocycles. The maximum atomic E-state index is 13.9. The SMILES string of the molecule is CC(C)C(C)(CC(=O)O)NC(=O)C1CC(=O)N(c2ccc(F)cc2F)C1. The summed E-state index contributed by atoms with van der Waals surface area (Å²) in [5.74, 6) is -4.46. The standard InChI is InChI=1S/C18H22F2N2O4/c1-10(2)18(3,8-16(24)25)21-17(26)11-6-15(23)22(9-11)14-5-4-12(19)7-13(14)20/h4-5,7,10-11H,6,8-9H2,1-3H3,(H,21,26)(H,24,25). The highest BCUT2D eigenvalue weighted by Gasteiger charge is 2.40. The fourth-order valence-electron chi connectivity index (χ4n) is 2.91. The summed E-state index contributed by atoms with van der Waals surface area (Å²) in [7, 11) is 0. The molecule has 1 heterocycles. The number of carbonyl (C=O) groups is 3. The van der Waals surface area contributed by atoms with Crippen molar-refractivity contribution in [3.8, 4) is 0 Å². The van der Waals surface area contributed by atoms with Crippen LogP contribution in [0.15, 0.2) is 18.2 Å². The second kappa shape index (κ2) is 7.39. The molecule has 1 aliphatic heterocycles. The second-order valence-electron chi connectivity index (χ2n) is 7.13.